The standard InChI is InChI=1S/C21H31N5S/c1-5-22-21(24-18-10-11-19(13-18)27-4)23-14-17-8-6-7-9-20(17)26-16(3)12-15(2)25-26/h6-9,12,18-19H,5,10-11,13-14H2,1-4H3,(H2,22,23,24). The molecule has 1 saturated carbocycles. The Labute approximate surface area is 167 Å². The van der Waals surface area contributed by atoms with E-state index >= 15 is 0 Å². The van der Waals surface area contributed by atoms with Crippen molar-refractivity contribution in [1.82, 2.24) is 20.4 Å². The molecule has 1 fully saturated rings. The van der Waals surface area contributed by atoms with Gasteiger partial charge < -0.3 is 10.6 Å². The van der Waals surface area contributed by atoms with E-state index in [9.17, 15) is 0 Å². The minimum atomic E-state index is 0.520. The lowest BCUT2D eigenvalue weighted by molar-refractivity contribution is 0.615. The van der Waals surface area contributed by atoms with E-state index in [1.54, 1.807) is 0 Å². The van der Waals surface area contributed by atoms with Crippen LogP contribution in [0.25, 0.3) is 5.69 Å². The Morgan fingerprint density at radius 1 is 1.30 bits per heavy atom. The van der Waals surface area contributed by atoms with E-state index < -0.39 is 0 Å². The summed E-state index contributed by atoms with van der Waals surface area (Å²) in [4.78, 5) is 4.87. The Kier molecular flexibility index (Phi) is 6.83. The molecule has 0 spiro atoms. The van der Waals surface area contributed by atoms with E-state index in [1.165, 1.54) is 24.8 Å². The number of thioether (sulfide) groups is 1. The van der Waals surface area contributed by atoms with Crippen LogP contribution in [0.4, 0.5) is 0 Å². The summed E-state index contributed by atoms with van der Waals surface area (Å²) in [5.74, 6) is 0.910. The molecule has 2 aromatic rings. The van der Waals surface area contributed by atoms with Gasteiger partial charge in [0.25, 0.3) is 0 Å². The van der Waals surface area contributed by atoms with Crippen LogP contribution in [0.15, 0.2) is 35.3 Å². The fourth-order valence-electron chi connectivity index (χ4n) is 3.69. The van der Waals surface area contributed by atoms with Gasteiger partial charge in [0.1, 0.15) is 0 Å². The van der Waals surface area contributed by atoms with Gasteiger partial charge in [-0.25, -0.2) is 9.67 Å². The summed E-state index contributed by atoms with van der Waals surface area (Å²) in [6.45, 7) is 7.72. The highest BCUT2D eigenvalue weighted by Gasteiger charge is 2.24. The van der Waals surface area contributed by atoms with Crippen molar-refractivity contribution in [1.29, 1.82) is 0 Å². The maximum absolute atomic E-state index is 4.87. The van der Waals surface area contributed by atoms with Crippen LogP contribution in [0.5, 0.6) is 0 Å². The second-order valence-electron chi connectivity index (χ2n) is 7.17. The van der Waals surface area contributed by atoms with Crippen molar-refractivity contribution in [3.63, 3.8) is 0 Å². The Bertz CT molecular complexity index is 783. The second-order valence-corrected chi connectivity index (χ2v) is 8.31. The van der Waals surface area contributed by atoms with Gasteiger partial charge in [-0.2, -0.15) is 16.9 Å². The van der Waals surface area contributed by atoms with Crippen LogP contribution < -0.4 is 10.6 Å². The summed E-state index contributed by atoms with van der Waals surface area (Å²) in [6, 6.07) is 11.0. The van der Waals surface area contributed by atoms with Crippen molar-refractivity contribution in [2.24, 2.45) is 4.99 Å². The van der Waals surface area contributed by atoms with Crippen LogP contribution in [0, 0.1) is 13.8 Å². The summed E-state index contributed by atoms with van der Waals surface area (Å²) in [6.07, 6.45) is 5.94. The van der Waals surface area contributed by atoms with E-state index in [1.807, 2.05) is 23.4 Å². The van der Waals surface area contributed by atoms with Crippen LogP contribution in [0.2, 0.25) is 0 Å². The lowest BCUT2D eigenvalue weighted by Crippen LogP contribution is -2.42. The molecule has 1 heterocycles. The fraction of sp³-hybridized carbons (Fsp3) is 0.524. The van der Waals surface area contributed by atoms with Gasteiger partial charge in [-0.05, 0) is 64.0 Å². The number of nitrogens with one attached hydrogen (secondary N) is 2. The van der Waals surface area contributed by atoms with E-state index in [0.717, 1.165) is 34.8 Å². The zero-order chi connectivity index (χ0) is 19.2. The highest BCUT2D eigenvalue weighted by molar-refractivity contribution is 7.99. The van der Waals surface area contributed by atoms with Gasteiger partial charge in [-0.1, -0.05) is 18.2 Å². The first-order valence-corrected chi connectivity index (χ1v) is 11.1. The van der Waals surface area contributed by atoms with E-state index in [0.29, 0.717) is 12.6 Å². The van der Waals surface area contributed by atoms with Crippen LogP contribution >= 0.6 is 11.8 Å². The quantitative estimate of drug-likeness (QED) is 0.586. The first kappa shape index (κ1) is 19.8. The van der Waals surface area contributed by atoms with Crippen LogP contribution in [-0.2, 0) is 6.54 Å². The predicted octanol–water partition coefficient (Wildman–Crippen LogP) is 3.83. The van der Waals surface area contributed by atoms with Crippen molar-refractivity contribution >= 4 is 17.7 Å². The van der Waals surface area contributed by atoms with Crippen molar-refractivity contribution in [3.05, 3.63) is 47.3 Å². The smallest absolute Gasteiger partial charge is 0.191 e. The first-order valence-electron chi connectivity index (χ1n) is 9.80. The van der Waals surface area contributed by atoms with Gasteiger partial charge in [0.05, 0.1) is 17.9 Å². The molecule has 0 saturated heterocycles. The Morgan fingerprint density at radius 2 is 2.11 bits per heavy atom. The first-order chi connectivity index (χ1) is 13.1. The SMILES string of the molecule is CCNC(=NCc1ccccc1-n1nc(C)cc1C)NC1CCC(SC)C1. The van der Waals surface area contributed by atoms with E-state index in [4.69, 9.17) is 4.99 Å². The molecule has 0 bridgehead atoms. The van der Waals surface area contributed by atoms with Crippen molar-refractivity contribution in [2.75, 3.05) is 12.8 Å². The average Bonchev–Trinajstić information content (AvgIpc) is 3.25. The molecule has 1 aliphatic rings. The third kappa shape index (κ3) is 5.06. The van der Waals surface area contributed by atoms with Gasteiger partial charge in [0.2, 0.25) is 0 Å². The second kappa shape index (κ2) is 9.31. The third-order valence-electron chi connectivity index (χ3n) is 5.04. The molecule has 5 nitrogen and oxygen atoms in total. The minimum Gasteiger partial charge on any atom is -0.357 e. The van der Waals surface area contributed by atoms with Crippen LogP contribution in [0.3, 0.4) is 0 Å². The van der Waals surface area contributed by atoms with Gasteiger partial charge in [-0.3, -0.25) is 0 Å². The molecule has 0 amide bonds. The number of rotatable bonds is 6. The lowest BCUT2D eigenvalue weighted by Gasteiger charge is -2.17. The number of hydrogen-bond donors (Lipinski definition) is 2. The maximum Gasteiger partial charge on any atom is 0.191 e. The molecule has 1 aromatic carbocycles. The number of hydrogen-bond acceptors (Lipinski definition) is 3. The molecule has 1 aromatic heterocycles. The zero-order valence-corrected chi connectivity index (χ0v) is 17.6. The average molecular weight is 386 g/mol. The number of aliphatic imine (C=N–C) groups is 1. The number of nitrogens with zero attached hydrogens (tertiary/aromatic N) is 3. The molecule has 146 valence electrons. The monoisotopic (exact) mass is 385 g/mol. The van der Waals surface area contributed by atoms with Gasteiger partial charge in [0, 0.05) is 23.5 Å². The number of benzene rings is 1. The Balaban J connectivity index is 1.76. The molecule has 3 rings (SSSR count). The molecule has 2 N–H and O–H groups in total. The third-order valence-corrected chi connectivity index (χ3v) is 6.13. The fourth-order valence-corrected chi connectivity index (χ4v) is 4.48. The summed E-state index contributed by atoms with van der Waals surface area (Å²) in [7, 11) is 0. The number of aryl methyl sites for hydroxylation is 2. The van der Waals surface area contributed by atoms with Crippen LogP contribution in [-0.4, -0.2) is 39.8 Å². The lowest BCUT2D eigenvalue weighted by atomic mass is 10.2. The summed E-state index contributed by atoms with van der Waals surface area (Å²) in [5.41, 5.74) is 4.45. The largest absolute Gasteiger partial charge is 0.357 e. The molecule has 6 heteroatoms. The molecule has 27 heavy (non-hydrogen) atoms. The maximum atomic E-state index is 4.87. The molecular weight excluding hydrogens is 354 g/mol. The summed E-state index contributed by atoms with van der Waals surface area (Å²) in [5, 5.41) is 12.4. The van der Waals surface area contributed by atoms with Gasteiger partial charge in [0.15, 0.2) is 5.96 Å². The summed E-state index contributed by atoms with van der Waals surface area (Å²) >= 11 is 1.98. The molecule has 0 radical (unpaired) electrons. The number of aromatic nitrogens is 2. The topological polar surface area (TPSA) is 54.2 Å². The minimum absolute atomic E-state index is 0.520. The molecule has 1 aliphatic carbocycles. The highest BCUT2D eigenvalue weighted by Crippen LogP contribution is 2.28. The van der Waals surface area contributed by atoms with Gasteiger partial charge in [-0.15, -0.1) is 0 Å². The Hall–Kier alpha value is -1.95. The van der Waals surface area contributed by atoms with Crippen molar-refractivity contribution < 1.29 is 0 Å². The normalized spacial score (nSPS) is 20.1. The Morgan fingerprint density at radius 3 is 2.78 bits per heavy atom. The molecule has 0 aliphatic heterocycles. The van der Waals surface area contributed by atoms with E-state index in [2.05, 4.69) is 66.2 Å². The predicted molar refractivity (Wildman–Crippen MR) is 116 cm³/mol. The van der Waals surface area contributed by atoms with E-state index in [-0.39, 0.29) is 0 Å². The van der Waals surface area contributed by atoms with Crippen molar-refractivity contribution in [2.45, 2.75) is 57.9 Å². The molecule has 2 unspecified atom stereocenters. The van der Waals surface area contributed by atoms with Crippen molar-refractivity contribution in [3.8, 4) is 5.69 Å². The summed E-state index contributed by atoms with van der Waals surface area (Å²) < 4.78 is 2.01. The number of para-hydroxylation sites is 1. The zero-order valence-electron chi connectivity index (χ0n) is 16.8. The molecular formula is C21H31N5S. The number of guanidine groups is 1. The molecule has 2 atom stereocenters. The van der Waals surface area contributed by atoms with Gasteiger partial charge >= 0.3 is 0 Å². The van der Waals surface area contributed by atoms with Crippen LogP contribution in [0.1, 0.15) is 43.1 Å². The highest BCUT2D eigenvalue weighted by atomic mass is 32.2.